The van der Waals surface area contributed by atoms with Gasteiger partial charge in [-0.2, -0.15) is 0 Å². The lowest BCUT2D eigenvalue weighted by molar-refractivity contribution is 0.219. The molecule has 0 spiro atoms. The monoisotopic (exact) mass is 318 g/mol. The highest BCUT2D eigenvalue weighted by atomic mass is 32.2. The van der Waals surface area contributed by atoms with Gasteiger partial charge in [-0.15, -0.1) is 0 Å². The van der Waals surface area contributed by atoms with E-state index in [0.29, 0.717) is 0 Å². The maximum atomic E-state index is 13.7. The number of nitrogen functional groups attached to an aromatic ring is 1. The minimum Gasteiger partial charge on any atom is -0.399 e. The maximum Gasteiger partial charge on any atom is 0.243 e. The number of sulfonamides is 1. The van der Waals surface area contributed by atoms with Crippen molar-refractivity contribution in [3.8, 4) is 0 Å². The standard InChI is InChI=1S/C14H20F2N2O2S/c1-14(5-3-2-4-6-14)9-18-21(19,20)12-8-10(17)7-11(15)13(12)16/h7-8,18H,2-6,9,17H2,1H3. The molecule has 0 radical (unpaired) electrons. The van der Waals surface area contributed by atoms with E-state index in [1.165, 1.54) is 0 Å². The van der Waals surface area contributed by atoms with Gasteiger partial charge in [-0.1, -0.05) is 26.2 Å². The van der Waals surface area contributed by atoms with Crippen molar-refractivity contribution in [2.75, 3.05) is 12.3 Å². The van der Waals surface area contributed by atoms with Crippen molar-refractivity contribution in [2.24, 2.45) is 5.41 Å². The number of hydrogen-bond donors (Lipinski definition) is 2. The number of benzene rings is 1. The number of nitrogens with two attached hydrogens (primary N) is 1. The Hall–Kier alpha value is -1.21. The third-order valence-electron chi connectivity index (χ3n) is 4.06. The average molecular weight is 318 g/mol. The predicted molar refractivity (Wildman–Crippen MR) is 77.2 cm³/mol. The molecule has 21 heavy (non-hydrogen) atoms. The normalized spacial score (nSPS) is 18.6. The fraction of sp³-hybridized carbons (Fsp3) is 0.571. The number of anilines is 1. The van der Waals surface area contributed by atoms with Crippen molar-refractivity contribution in [3.05, 3.63) is 23.8 Å². The molecule has 1 fully saturated rings. The fourth-order valence-electron chi connectivity index (χ4n) is 2.71. The second kappa shape index (κ2) is 5.88. The average Bonchev–Trinajstić information content (AvgIpc) is 2.42. The first-order valence-electron chi connectivity index (χ1n) is 6.98. The predicted octanol–water partition coefficient (Wildman–Crippen LogP) is 2.80. The van der Waals surface area contributed by atoms with Gasteiger partial charge >= 0.3 is 0 Å². The summed E-state index contributed by atoms with van der Waals surface area (Å²) in [6.07, 6.45) is 5.10. The van der Waals surface area contributed by atoms with Crippen LogP contribution in [-0.4, -0.2) is 15.0 Å². The molecule has 7 heteroatoms. The van der Waals surface area contributed by atoms with Gasteiger partial charge < -0.3 is 5.73 Å². The van der Waals surface area contributed by atoms with Crippen molar-refractivity contribution in [1.82, 2.24) is 4.72 Å². The van der Waals surface area contributed by atoms with Crippen LogP contribution in [0.2, 0.25) is 0 Å². The second-order valence-electron chi connectivity index (χ2n) is 6.01. The van der Waals surface area contributed by atoms with Crippen LogP contribution >= 0.6 is 0 Å². The molecule has 0 heterocycles. The highest BCUT2D eigenvalue weighted by Gasteiger charge is 2.30. The first-order valence-corrected chi connectivity index (χ1v) is 8.46. The summed E-state index contributed by atoms with van der Waals surface area (Å²) in [6, 6.07) is 1.70. The lowest BCUT2D eigenvalue weighted by atomic mass is 9.76. The van der Waals surface area contributed by atoms with E-state index in [2.05, 4.69) is 4.72 Å². The van der Waals surface area contributed by atoms with Gasteiger partial charge in [0.2, 0.25) is 10.0 Å². The summed E-state index contributed by atoms with van der Waals surface area (Å²) >= 11 is 0. The van der Waals surface area contributed by atoms with E-state index in [0.717, 1.165) is 44.2 Å². The zero-order valence-electron chi connectivity index (χ0n) is 12.0. The SMILES string of the molecule is CC1(CNS(=O)(=O)c2cc(N)cc(F)c2F)CCCCC1. The molecule has 0 saturated heterocycles. The second-order valence-corrected chi connectivity index (χ2v) is 7.75. The van der Waals surface area contributed by atoms with Crippen LogP contribution in [0.3, 0.4) is 0 Å². The van der Waals surface area contributed by atoms with E-state index in [4.69, 9.17) is 5.73 Å². The zero-order chi connectivity index (χ0) is 15.7. The third kappa shape index (κ3) is 3.71. The number of nitrogens with one attached hydrogen (secondary N) is 1. The molecule has 0 aliphatic heterocycles. The van der Waals surface area contributed by atoms with Gasteiger partial charge in [0.25, 0.3) is 0 Å². The van der Waals surface area contributed by atoms with Crippen LogP contribution in [0, 0.1) is 17.0 Å². The van der Waals surface area contributed by atoms with Gasteiger partial charge in [-0.05, 0) is 30.4 Å². The van der Waals surface area contributed by atoms with E-state index in [-0.39, 0.29) is 17.6 Å². The van der Waals surface area contributed by atoms with Gasteiger partial charge in [0, 0.05) is 12.2 Å². The summed E-state index contributed by atoms with van der Waals surface area (Å²) in [5, 5.41) is 0. The van der Waals surface area contributed by atoms with Gasteiger partial charge in [0.05, 0.1) is 0 Å². The van der Waals surface area contributed by atoms with E-state index in [1.807, 2.05) is 6.92 Å². The molecular formula is C14H20F2N2O2S. The molecule has 1 aliphatic rings. The Labute approximate surface area is 123 Å². The zero-order valence-corrected chi connectivity index (χ0v) is 12.8. The maximum absolute atomic E-state index is 13.7. The van der Waals surface area contributed by atoms with E-state index in [1.54, 1.807) is 0 Å². The Balaban J connectivity index is 2.19. The van der Waals surface area contributed by atoms with Crippen LogP contribution in [0.15, 0.2) is 17.0 Å². The fourth-order valence-corrected chi connectivity index (χ4v) is 4.03. The largest absolute Gasteiger partial charge is 0.399 e. The Morgan fingerprint density at radius 3 is 2.48 bits per heavy atom. The van der Waals surface area contributed by atoms with Crippen molar-refractivity contribution >= 4 is 15.7 Å². The molecule has 0 unspecified atom stereocenters. The Morgan fingerprint density at radius 1 is 1.24 bits per heavy atom. The summed E-state index contributed by atoms with van der Waals surface area (Å²) in [5.74, 6) is -2.66. The highest BCUT2D eigenvalue weighted by molar-refractivity contribution is 7.89. The Bertz CT molecular complexity index is 626. The summed E-state index contributed by atoms with van der Waals surface area (Å²) < 4.78 is 53.7. The van der Waals surface area contributed by atoms with Crippen molar-refractivity contribution < 1.29 is 17.2 Å². The molecule has 3 N–H and O–H groups in total. The van der Waals surface area contributed by atoms with Crippen molar-refractivity contribution in [2.45, 2.75) is 43.9 Å². The van der Waals surface area contributed by atoms with Crippen LogP contribution in [0.25, 0.3) is 0 Å². The van der Waals surface area contributed by atoms with Gasteiger partial charge in [0.1, 0.15) is 4.90 Å². The summed E-state index contributed by atoms with van der Waals surface area (Å²) in [7, 11) is -4.12. The van der Waals surface area contributed by atoms with Gasteiger partial charge in [-0.25, -0.2) is 21.9 Å². The van der Waals surface area contributed by atoms with Crippen molar-refractivity contribution in [1.29, 1.82) is 0 Å². The lowest BCUT2D eigenvalue weighted by Crippen LogP contribution is -2.37. The molecule has 0 bridgehead atoms. The minimum absolute atomic E-state index is 0.127. The lowest BCUT2D eigenvalue weighted by Gasteiger charge is -2.33. The number of hydrogen-bond acceptors (Lipinski definition) is 3. The molecular weight excluding hydrogens is 298 g/mol. The molecule has 0 atom stereocenters. The molecule has 118 valence electrons. The summed E-state index contributed by atoms with van der Waals surface area (Å²) in [5.41, 5.74) is 5.13. The molecule has 1 aliphatic carbocycles. The highest BCUT2D eigenvalue weighted by Crippen LogP contribution is 2.35. The molecule has 0 amide bonds. The van der Waals surface area contributed by atoms with Crippen LogP contribution in [0.4, 0.5) is 14.5 Å². The Kier molecular flexibility index (Phi) is 4.53. The van der Waals surface area contributed by atoms with Gasteiger partial charge in [-0.3, -0.25) is 0 Å². The molecule has 4 nitrogen and oxygen atoms in total. The van der Waals surface area contributed by atoms with E-state index >= 15 is 0 Å². The third-order valence-corrected chi connectivity index (χ3v) is 5.46. The van der Waals surface area contributed by atoms with Crippen LogP contribution < -0.4 is 10.5 Å². The summed E-state index contributed by atoms with van der Waals surface area (Å²) in [6.45, 7) is 2.22. The molecule has 0 aromatic heterocycles. The molecule has 2 rings (SSSR count). The topological polar surface area (TPSA) is 72.2 Å². The minimum atomic E-state index is -4.12. The first kappa shape index (κ1) is 16.2. The first-order chi connectivity index (χ1) is 9.73. The summed E-state index contributed by atoms with van der Waals surface area (Å²) in [4.78, 5) is -0.737. The number of halogens is 2. The molecule has 1 aromatic carbocycles. The quantitative estimate of drug-likeness (QED) is 0.839. The van der Waals surface area contributed by atoms with Crippen molar-refractivity contribution in [3.63, 3.8) is 0 Å². The van der Waals surface area contributed by atoms with E-state index in [9.17, 15) is 17.2 Å². The van der Waals surface area contributed by atoms with E-state index < -0.39 is 26.6 Å². The van der Waals surface area contributed by atoms with Gasteiger partial charge in [0.15, 0.2) is 11.6 Å². The Morgan fingerprint density at radius 2 is 1.86 bits per heavy atom. The smallest absolute Gasteiger partial charge is 0.243 e. The molecule has 1 saturated carbocycles. The molecule has 1 aromatic rings. The van der Waals surface area contributed by atoms with Crippen LogP contribution in [0.1, 0.15) is 39.0 Å². The van der Waals surface area contributed by atoms with Crippen LogP contribution in [-0.2, 0) is 10.0 Å². The number of rotatable bonds is 4. The van der Waals surface area contributed by atoms with Crippen LogP contribution in [0.5, 0.6) is 0 Å².